The van der Waals surface area contributed by atoms with Crippen LogP contribution in [0.3, 0.4) is 0 Å². The third kappa shape index (κ3) is 5.08. The summed E-state index contributed by atoms with van der Waals surface area (Å²) >= 11 is 5.63. The molecule has 0 aliphatic carbocycles. The van der Waals surface area contributed by atoms with Gasteiger partial charge >= 0.3 is 6.18 Å². The monoisotopic (exact) mass is 295 g/mol. The molecule has 0 saturated heterocycles. The molecule has 106 valence electrons. The zero-order chi connectivity index (χ0) is 14.5. The lowest BCUT2D eigenvalue weighted by Crippen LogP contribution is -2.21. The number of anilines is 1. The van der Waals surface area contributed by atoms with Crippen molar-refractivity contribution >= 4 is 23.2 Å². The molecule has 0 fully saturated rings. The van der Waals surface area contributed by atoms with Crippen molar-refractivity contribution in [2.45, 2.75) is 19.5 Å². The van der Waals surface area contributed by atoms with Gasteiger partial charge in [0.05, 0.1) is 11.3 Å². The lowest BCUT2D eigenvalue weighted by molar-refractivity contribution is -0.137. The number of hydrogen-bond donors (Lipinski definition) is 1. The van der Waals surface area contributed by atoms with Crippen molar-refractivity contribution in [1.82, 2.24) is 0 Å². The fourth-order valence-corrected chi connectivity index (χ4v) is 1.53. The Labute approximate surface area is 113 Å². The normalized spacial score (nSPS) is 11.4. The molecule has 0 aromatic heterocycles. The Morgan fingerprint density at radius 1 is 1.42 bits per heavy atom. The summed E-state index contributed by atoms with van der Waals surface area (Å²) in [6.45, 7) is 1.93. The molecule has 0 heterocycles. The number of carbonyl (C=O) groups is 1. The van der Waals surface area contributed by atoms with E-state index in [9.17, 15) is 18.0 Å². The van der Waals surface area contributed by atoms with Crippen LogP contribution in [0.1, 0.15) is 18.9 Å². The number of ether oxygens (including phenoxy) is 1. The van der Waals surface area contributed by atoms with Gasteiger partial charge in [-0.3, -0.25) is 4.79 Å². The molecule has 0 aliphatic heterocycles. The number of hydrogen-bond acceptors (Lipinski definition) is 2. The molecule has 0 radical (unpaired) electrons. The number of amides is 1. The number of halogens is 4. The molecule has 7 heteroatoms. The van der Waals surface area contributed by atoms with Crippen LogP contribution in [0.2, 0.25) is 5.02 Å². The summed E-state index contributed by atoms with van der Waals surface area (Å²) in [5.74, 6) is -0.652. The van der Waals surface area contributed by atoms with E-state index in [0.29, 0.717) is 6.61 Å². The zero-order valence-electron chi connectivity index (χ0n) is 10.2. The van der Waals surface area contributed by atoms with Crippen LogP contribution in [-0.2, 0) is 15.7 Å². The van der Waals surface area contributed by atoms with E-state index in [1.54, 1.807) is 0 Å². The first-order chi connectivity index (χ1) is 8.84. The van der Waals surface area contributed by atoms with Gasteiger partial charge in [0.2, 0.25) is 5.91 Å². The first kappa shape index (κ1) is 15.8. The van der Waals surface area contributed by atoms with Crippen LogP contribution in [0.5, 0.6) is 0 Å². The maximum Gasteiger partial charge on any atom is 0.418 e. The second-order valence-electron chi connectivity index (χ2n) is 3.79. The average molecular weight is 296 g/mol. The van der Waals surface area contributed by atoms with Crippen molar-refractivity contribution in [2.24, 2.45) is 0 Å². The van der Waals surface area contributed by atoms with Gasteiger partial charge in [0.25, 0.3) is 0 Å². The fourth-order valence-electron chi connectivity index (χ4n) is 1.36. The predicted molar refractivity (Wildman–Crippen MR) is 66.2 cm³/mol. The van der Waals surface area contributed by atoms with Gasteiger partial charge in [-0.15, -0.1) is 0 Å². The third-order valence-corrected chi connectivity index (χ3v) is 2.38. The van der Waals surface area contributed by atoms with Crippen molar-refractivity contribution in [3.05, 3.63) is 28.8 Å². The van der Waals surface area contributed by atoms with E-state index in [0.717, 1.165) is 24.6 Å². The second kappa shape index (κ2) is 6.77. The van der Waals surface area contributed by atoms with Crippen LogP contribution in [0.15, 0.2) is 18.2 Å². The van der Waals surface area contributed by atoms with Crippen molar-refractivity contribution < 1.29 is 22.7 Å². The van der Waals surface area contributed by atoms with Crippen LogP contribution in [0, 0.1) is 0 Å². The van der Waals surface area contributed by atoms with Crippen LogP contribution >= 0.6 is 11.6 Å². The van der Waals surface area contributed by atoms with Gasteiger partial charge in [0.15, 0.2) is 0 Å². The lowest BCUT2D eigenvalue weighted by Gasteiger charge is -2.14. The molecule has 1 N–H and O–H groups in total. The van der Waals surface area contributed by atoms with Crippen LogP contribution in [-0.4, -0.2) is 19.1 Å². The van der Waals surface area contributed by atoms with E-state index < -0.39 is 17.6 Å². The van der Waals surface area contributed by atoms with Gasteiger partial charge in [-0.1, -0.05) is 18.5 Å². The molecule has 1 aromatic carbocycles. The van der Waals surface area contributed by atoms with E-state index in [2.05, 4.69) is 5.32 Å². The molecular weight excluding hydrogens is 283 g/mol. The number of carbonyl (C=O) groups excluding carboxylic acids is 1. The molecule has 0 saturated carbocycles. The van der Waals surface area contributed by atoms with E-state index in [4.69, 9.17) is 16.3 Å². The molecule has 0 atom stereocenters. The van der Waals surface area contributed by atoms with Crippen LogP contribution in [0.25, 0.3) is 0 Å². The highest BCUT2D eigenvalue weighted by Crippen LogP contribution is 2.36. The molecule has 0 unspecified atom stereocenters. The minimum Gasteiger partial charge on any atom is -0.372 e. The number of alkyl halides is 3. The van der Waals surface area contributed by atoms with Gasteiger partial charge in [-0.05, 0) is 24.6 Å². The zero-order valence-corrected chi connectivity index (χ0v) is 10.9. The summed E-state index contributed by atoms with van der Waals surface area (Å²) in [4.78, 5) is 11.4. The lowest BCUT2D eigenvalue weighted by atomic mass is 10.1. The SMILES string of the molecule is CCCOCC(=O)Nc1cc(Cl)ccc1C(F)(F)F. The van der Waals surface area contributed by atoms with Crippen molar-refractivity contribution in [3.8, 4) is 0 Å². The average Bonchev–Trinajstić information content (AvgIpc) is 2.27. The molecule has 1 rings (SSSR count). The smallest absolute Gasteiger partial charge is 0.372 e. The largest absolute Gasteiger partial charge is 0.418 e. The highest BCUT2D eigenvalue weighted by atomic mass is 35.5. The van der Waals surface area contributed by atoms with E-state index in [-0.39, 0.29) is 17.3 Å². The van der Waals surface area contributed by atoms with Crippen molar-refractivity contribution in [1.29, 1.82) is 0 Å². The van der Waals surface area contributed by atoms with Crippen LogP contribution in [0.4, 0.5) is 18.9 Å². The van der Waals surface area contributed by atoms with E-state index in [1.807, 2.05) is 6.92 Å². The van der Waals surface area contributed by atoms with Crippen LogP contribution < -0.4 is 5.32 Å². The number of rotatable bonds is 5. The highest BCUT2D eigenvalue weighted by molar-refractivity contribution is 6.31. The predicted octanol–water partition coefficient (Wildman–Crippen LogP) is 3.72. The first-order valence-electron chi connectivity index (χ1n) is 5.59. The Balaban J connectivity index is 2.81. The Hall–Kier alpha value is -1.27. The van der Waals surface area contributed by atoms with Gasteiger partial charge < -0.3 is 10.1 Å². The molecule has 1 aromatic rings. The van der Waals surface area contributed by atoms with Gasteiger partial charge in [-0.25, -0.2) is 0 Å². The van der Waals surface area contributed by atoms with Gasteiger partial charge in [0.1, 0.15) is 6.61 Å². The topological polar surface area (TPSA) is 38.3 Å². The van der Waals surface area contributed by atoms with E-state index >= 15 is 0 Å². The molecular formula is C12H13ClF3NO2. The quantitative estimate of drug-likeness (QED) is 0.841. The number of benzene rings is 1. The summed E-state index contributed by atoms with van der Waals surface area (Å²) in [6.07, 6.45) is -3.84. The summed E-state index contributed by atoms with van der Waals surface area (Å²) in [5.41, 5.74) is -1.31. The highest BCUT2D eigenvalue weighted by Gasteiger charge is 2.33. The summed E-state index contributed by atoms with van der Waals surface area (Å²) in [7, 11) is 0. The maximum absolute atomic E-state index is 12.7. The second-order valence-corrected chi connectivity index (χ2v) is 4.22. The standard InChI is InChI=1S/C12H13ClF3NO2/c1-2-5-19-7-11(18)17-10-6-8(13)3-4-9(10)12(14,15)16/h3-4,6H,2,5,7H2,1H3,(H,17,18). The summed E-state index contributed by atoms with van der Waals surface area (Å²) in [5, 5.41) is 2.26. The Morgan fingerprint density at radius 2 is 2.11 bits per heavy atom. The molecule has 0 bridgehead atoms. The van der Waals surface area contributed by atoms with E-state index in [1.165, 1.54) is 0 Å². The Bertz CT molecular complexity index is 449. The number of nitrogens with one attached hydrogen (secondary N) is 1. The molecule has 1 amide bonds. The Morgan fingerprint density at radius 3 is 2.68 bits per heavy atom. The molecule has 0 aliphatic rings. The summed E-state index contributed by atoms with van der Waals surface area (Å²) < 4.78 is 43.1. The summed E-state index contributed by atoms with van der Waals surface area (Å²) in [6, 6.07) is 3.00. The minimum atomic E-state index is -4.56. The Kier molecular flexibility index (Phi) is 5.62. The fraction of sp³-hybridized carbons (Fsp3) is 0.417. The molecule has 3 nitrogen and oxygen atoms in total. The van der Waals surface area contributed by atoms with Gasteiger partial charge in [0, 0.05) is 11.6 Å². The van der Waals surface area contributed by atoms with Gasteiger partial charge in [-0.2, -0.15) is 13.2 Å². The molecule has 0 spiro atoms. The maximum atomic E-state index is 12.7. The van der Waals surface area contributed by atoms with Crippen molar-refractivity contribution in [2.75, 3.05) is 18.5 Å². The van der Waals surface area contributed by atoms with Crippen molar-refractivity contribution in [3.63, 3.8) is 0 Å². The third-order valence-electron chi connectivity index (χ3n) is 2.14. The molecule has 19 heavy (non-hydrogen) atoms. The minimum absolute atomic E-state index is 0.109. The first-order valence-corrected chi connectivity index (χ1v) is 5.96.